The largest absolute Gasteiger partial charge is 0.490 e. The van der Waals surface area contributed by atoms with E-state index >= 15 is 0 Å². The Bertz CT molecular complexity index is 1100. The molecule has 2 aromatic heterocycles. The lowest BCUT2D eigenvalue weighted by Gasteiger charge is -2.19. The second-order valence-corrected chi connectivity index (χ2v) is 8.75. The number of alkyl halides is 6. The zero-order valence-corrected chi connectivity index (χ0v) is 21.0. The summed E-state index contributed by atoms with van der Waals surface area (Å²) in [6, 6.07) is 3.47. The molecule has 2 saturated heterocycles. The minimum atomic E-state index is -5.08. The van der Waals surface area contributed by atoms with E-state index in [-0.39, 0.29) is 12.0 Å². The summed E-state index contributed by atoms with van der Waals surface area (Å²) in [5.74, 6) is -4.71. The summed E-state index contributed by atoms with van der Waals surface area (Å²) in [6.45, 7) is 7.25. The molecule has 3 N–H and O–H groups in total. The highest BCUT2D eigenvalue weighted by Gasteiger charge is 2.43. The molecular weight excluding hydrogens is 556 g/mol. The molecule has 222 valence electrons. The molecule has 0 spiro atoms. The highest BCUT2D eigenvalue weighted by atomic mass is 19.4. The monoisotopic (exact) mass is 583 g/mol. The molecule has 0 saturated carbocycles. The molecule has 1 amide bonds. The number of ether oxygens (including phenoxy) is 1. The fourth-order valence-electron chi connectivity index (χ4n) is 3.97. The van der Waals surface area contributed by atoms with E-state index in [1.165, 1.54) is 5.56 Å². The Hall–Kier alpha value is -3.73. The fourth-order valence-corrected chi connectivity index (χ4v) is 3.97. The number of hydrogen-bond donors (Lipinski definition) is 3. The zero-order valence-electron chi connectivity index (χ0n) is 21.0. The summed E-state index contributed by atoms with van der Waals surface area (Å²) in [6.07, 6.45) is -2.55. The van der Waals surface area contributed by atoms with E-state index in [2.05, 4.69) is 33.4 Å². The Morgan fingerprint density at radius 1 is 1.05 bits per heavy atom. The standard InChI is InChI=1S/C19H25N5O2.2C2HF3O2/c1-2-24-10-14(7-22-24)9-23-11-17-16(13-26-18(17)12-23)8-21-19(25)15-3-5-20-6-4-15;2*3-2(4,5)1(6)7/h3-7,10,16-18H,2,8-9,11-13H2,1H3,(H,21,25);2*(H,6,7)/t16-,17+,18+;;/m0../s1. The Morgan fingerprint density at radius 3 is 2.12 bits per heavy atom. The molecule has 4 rings (SSSR count). The molecule has 40 heavy (non-hydrogen) atoms. The molecule has 0 radical (unpaired) electrons. The van der Waals surface area contributed by atoms with Crippen LogP contribution in [0, 0.1) is 11.8 Å². The molecule has 2 aliphatic heterocycles. The lowest BCUT2D eigenvalue weighted by Crippen LogP contribution is -2.34. The van der Waals surface area contributed by atoms with Crippen molar-refractivity contribution in [1.82, 2.24) is 25.0 Å². The maximum atomic E-state index is 12.2. The highest BCUT2D eigenvalue weighted by Crippen LogP contribution is 2.34. The molecule has 4 heterocycles. The van der Waals surface area contributed by atoms with E-state index in [0.29, 0.717) is 23.9 Å². The average molecular weight is 583 g/mol. The number of aromatic nitrogens is 3. The van der Waals surface area contributed by atoms with Crippen molar-refractivity contribution in [3.05, 3.63) is 48.0 Å². The maximum Gasteiger partial charge on any atom is 0.490 e. The highest BCUT2D eigenvalue weighted by molar-refractivity contribution is 5.93. The number of hydrogen-bond acceptors (Lipinski definition) is 7. The van der Waals surface area contributed by atoms with Crippen LogP contribution in [0.2, 0.25) is 0 Å². The predicted molar refractivity (Wildman–Crippen MR) is 124 cm³/mol. The predicted octanol–water partition coefficient (Wildman–Crippen LogP) is 2.44. The van der Waals surface area contributed by atoms with Gasteiger partial charge < -0.3 is 20.3 Å². The minimum Gasteiger partial charge on any atom is -0.475 e. The number of likely N-dealkylation sites (tertiary alicyclic amines) is 1. The molecule has 0 unspecified atom stereocenters. The summed E-state index contributed by atoms with van der Waals surface area (Å²) >= 11 is 0. The van der Waals surface area contributed by atoms with Crippen LogP contribution >= 0.6 is 0 Å². The fraction of sp³-hybridized carbons (Fsp3) is 0.522. The number of aryl methyl sites for hydroxylation is 1. The lowest BCUT2D eigenvalue weighted by molar-refractivity contribution is -0.193. The van der Waals surface area contributed by atoms with Gasteiger partial charge >= 0.3 is 24.3 Å². The number of carboxylic acid groups (broad SMARTS) is 2. The van der Waals surface area contributed by atoms with Crippen molar-refractivity contribution in [2.45, 2.75) is 38.5 Å². The van der Waals surface area contributed by atoms with Gasteiger partial charge in [-0.05, 0) is 19.1 Å². The van der Waals surface area contributed by atoms with Crippen LogP contribution < -0.4 is 5.32 Å². The van der Waals surface area contributed by atoms with Gasteiger partial charge in [-0.1, -0.05) is 0 Å². The van der Waals surface area contributed by atoms with Crippen LogP contribution in [0.15, 0.2) is 36.9 Å². The van der Waals surface area contributed by atoms with E-state index < -0.39 is 24.3 Å². The van der Waals surface area contributed by atoms with Crippen molar-refractivity contribution in [2.75, 3.05) is 26.2 Å². The third-order valence-corrected chi connectivity index (χ3v) is 5.88. The summed E-state index contributed by atoms with van der Waals surface area (Å²) in [5.41, 5.74) is 1.89. The van der Waals surface area contributed by atoms with E-state index in [0.717, 1.165) is 32.8 Å². The SMILES string of the molecule is CCn1cc(CN2C[C@@H]3[C@@H](CNC(=O)c4ccncc4)CO[C@@H]3C2)cn1.O=C(O)C(F)(F)F.O=C(O)C(F)(F)F. The Morgan fingerprint density at radius 2 is 1.62 bits per heavy atom. The van der Waals surface area contributed by atoms with Crippen LogP contribution in [-0.2, 0) is 27.4 Å². The van der Waals surface area contributed by atoms with Gasteiger partial charge in [0.05, 0.1) is 18.9 Å². The number of halogens is 6. The molecule has 0 aliphatic carbocycles. The number of carbonyl (C=O) groups is 3. The van der Waals surface area contributed by atoms with E-state index in [1.54, 1.807) is 24.5 Å². The quantitative estimate of drug-likeness (QED) is 0.437. The molecule has 17 heteroatoms. The number of nitrogens with one attached hydrogen (secondary N) is 1. The Kier molecular flexibility index (Phi) is 11.4. The average Bonchev–Trinajstić information content (AvgIpc) is 3.59. The number of pyridine rings is 1. The minimum absolute atomic E-state index is 0.0438. The van der Waals surface area contributed by atoms with Crippen molar-refractivity contribution in [3.8, 4) is 0 Å². The van der Waals surface area contributed by atoms with Crippen LogP contribution in [0.25, 0.3) is 0 Å². The van der Waals surface area contributed by atoms with Crippen molar-refractivity contribution in [3.63, 3.8) is 0 Å². The van der Waals surface area contributed by atoms with Gasteiger partial charge in [0.25, 0.3) is 5.91 Å². The number of rotatable bonds is 6. The third kappa shape index (κ3) is 10.1. The lowest BCUT2D eigenvalue weighted by atomic mass is 9.93. The molecule has 0 aromatic carbocycles. The van der Waals surface area contributed by atoms with Gasteiger partial charge in [0.2, 0.25) is 0 Å². The van der Waals surface area contributed by atoms with Gasteiger partial charge in [-0.2, -0.15) is 31.4 Å². The first kappa shape index (κ1) is 32.5. The Labute approximate surface area is 223 Å². The second-order valence-electron chi connectivity index (χ2n) is 8.75. The molecular formula is C23H27F6N5O6. The van der Waals surface area contributed by atoms with Gasteiger partial charge in [0, 0.05) is 74.3 Å². The number of carbonyl (C=O) groups excluding carboxylic acids is 1. The molecule has 3 atom stereocenters. The summed E-state index contributed by atoms with van der Waals surface area (Å²) in [5, 5.41) is 21.6. The smallest absolute Gasteiger partial charge is 0.475 e. The van der Waals surface area contributed by atoms with Gasteiger partial charge in [-0.25, -0.2) is 9.59 Å². The number of amides is 1. The number of fused-ring (bicyclic) bond motifs is 1. The van der Waals surface area contributed by atoms with Crippen molar-refractivity contribution in [1.29, 1.82) is 0 Å². The summed E-state index contributed by atoms with van der Waals surface area (Å²) < 4.78 is 71.4. The summed E-state index contributed by atoms with van der Waals surface area (Å²) in [4.78, 5) is 36.4. The van der Waals surface area contributed by atoms with E-state index in [1.807, 2.05) is 10.9 Å². The van der Waals surface area contributed by atoms with Crippen LogP contribution in [0.1, 0.15) is 22.8 Å². The van der Waals surface area contributed by atoms with Crippen LogP contribution in [0.4, 0.5) is 26.3 Å². The van der Waals surface area contributed by atoms with Crippen LogP contribution in [-0.4, -0.2) is 92.4 Å². The third-order valence-electron chi connectivity index (χ3n) is 5.88. The number of nitrogens with zero attached hydrogens (tertiary/aromatic N) is 4. The molecule has 11 nitrogen and oxygen atoms in total. The van der Waals surface area contributed by atoms with Gasteiger partial charge in [0.15, 0.2) is 0 Å². The van der Waals surface area contributed by atoms with Crippen molar-refractivity contribution >= 4 is 17.8 Å². The normalized spacial score (nSPS) is 20.4. The molecule has 2 aliphatic rings. The van der Waals surface area contributed by atoms with Gasteiger partial charge in [-0.15, -0.1) is 0 Å². The van der Waals surface area contributed by atoms with Crippen molar-refractivity contribution < 1.29 is 55.7 Å². The van der Waals surface area contributed by atoms with Crippen molar-refractivity contribution in [2.24, 2.45) is 11.8 Å². The zero-order chi connectivity index (χ0) is 30.1. The first-order valence-corrected chi connectivity index (χ1v) is 11.8. The van der Waals surface area contributed by atoms with E-state index in [9.17, 15) is 31.1 Å². The molecule has 2 fully saturated rings. The first-order chi connectivity index (χ1) is 18.6. The van der Waals surface area contributed by atoms with Crippen LogP contribution in [0.5, 0.6) is 0 Å². The topological polar surface area (TPSA) is 147 Å². The summed E-state index contributed by atoms with van der Waals surface area (Å²) in [7, 11) is 0. The maximum absolute atomic E-state index is 12.2. The first-order valence-electron chi connectivity index (χ1n) is 11.8. The molecule has 0 bridgehead atoms. The van der Waals surface area contributed by atoms with Gasteiger partial charge in [-0.3, -0.25) is 19.4 Å². The molecule has 2 aromatic rings. The number of aliphatic carboxylic acids is 2. The Balaban J connectivity index is 0.000000333. The van der Waals surface area contributed by atoms with Gasteiger partial charge in [0.1, 0.15) is 0 Å². The second kappa shape index (κ2) is 14.1. The van der Waals surface area contributed by atoms with Crippen LogP contribution in [0.3, 0.4) is 0 Å². The van der Waals surface area contributed by atoms with E-state index in [4.69, 9.17) is 24.5 Å². The number of carboxylic acids is 2.